The van der Waals surface area contributed by atoms with Crippen LogP contribution in [0, 0.1) is 5.92 Å². The van der Waals surface area contributed by atoms with E-state index in [4.69, 9.17) is 27.2 Å². The number of aliphatic hydroxyl groups is 1. The number of amides is 1. The average molecular weight is 459 g/mol. The van der Waals surface area contributed by atoms with Gasteiger partial charge in [0.15, 0.2) is 5.78 Å². The summed E-state index contributed by atoms with van der Waals surface area (Å²) in [7, 11) is 0. The number of halogens is 1. The van der Waals surface area contributed by atoms with Crippen LogP contribution < -0.4 is 15.8 Å². The molecular weight excluding hydrogens is 428 g/mol. The van der Waals surface area contributed by atoms with E-state index >= 15 is 0 Å². The number of hydrogen-bond donors (Lipinski definition) is 3. The van der Waals surface area contributed by atoms with Gasteiger partial charge in [-0.15, -0.1) is 0 Å². The Kier molecular flexibility index (Phi) is 8.53. The van der Waals surface area contributed by atoms with Crippen LogP contribution in [0.5, 0.6) is 5.75 Å². The molecule has 0 aromatic heterocycles. The lowest BCUT2D eigenvalue weighted by Gasteiger charge is -2.14. The van der Waals surface area contributed by atoms with Crippen LogP contribution in [0.4, 0.5) is 0 Å². The highest BCUT2D eigenvalue weighted by atomic mass is 35.5. The largest absolute Gasteiger partial charge is 0.492 e. The number of Topliss-reactive ketones (excluding diaryl/α,β-unsaturated/α-hetero) is 1. The molecule has 0 bridgehead atoms. The normalized spacial score (nSPS) is 19.8. The molecule has 0 unspecified atom stereocenters. The molecule has 4 N–H and O–H groups in total. The molecule has 6 nitrogen and oxygen atoms in total. The molecule has 2 aliphatic rings. The first-order valence-corrected chi connectivity index (χ1v) is 11.5. The second-order valence-electron chi connectivity index (χ2n) is 8.29. The molecule has 1 aromatic rings. The summed E-state index contributed by atoms with van der Waals surface area (Å²) >= 11 is 6.46. The van der Waals surface area contributed by atoms with Gasteiger partial charge >= 0.3 is 0 Å². The summed E-state index contributed by atoms with van der Waals surface area (Å²) in [6, 6.07) is 5.36. The monoisotopic (exact) mass is 458 g/mol. The standard InChI is InChI=1S/C25H31ClN2O4/c1-16(30)20(17-4-5-17)8-9-23(27)21(15-19-7-11-25(31)28-19)18-6-10-24(22(26)14-18)32-13-3-2-12-29/h6,8-10,14-15,17,19,29H,2-5,7,11-13,27H2,1H3,(H,28,31)/b20-8+,21-15+,23-9-/t19-/m1/s1. The van der Waals surface area contributed by atoms with E-state index in [1.165, 1.54) is 0 Å². The smallest absolute Gasteiger partial charge is 0.220 e. The zero-order valence-electron chi connectivity index (χ0n) is 18.4. The van der Waals surface area contributed by atoms with E-state index in [2.05, 4.69) is 5.32 Å². The first-order valence-electron chi connectivity index (χ1n) is 11.1. The Morgan fingerprint density at radius 3 is 2.66 bits per heavy atom. The minimum Gasteiger partial charge on any atom is -0.492 e. The number of ether oxygens (including phenoxy) is 1. The van der Waals surface area contributed by atoms with Gasteiger partial charge in [0.2, 0.25) is 5.91 Å². The molecule has 2 fully saturated rings. The Hall–Kier alpha value is -2.57. The average Bonchev–Trinajstić information content (AvgIpc) is 3.50. The summed E-state index contributed by atoms with van der Waals surface area (Å²) < 4.78 is 5.71. The third-order valence-electron chi connectivity index (χ3n) is 5.63. The fourth-order valence-corrected chi connectivity index (χ4v) is 3.94. The first-order chi connectivity index (χ1) is 15.4. The predicted molar refractivity (Wildman–Crippen MR) is 126 cm³/mol. The van der Waals surface area contributed by atoms with Gasteiger partial charge in [-0.3, -0.25) is 9.59 Å². The molecule has 0 radical (unpaired) electrons. The molecule has 1 atom stereocenters. The maximum absolute atomic E-state index is 12.0. The maximum Gasteiger partial charge on any atom is 0.220 e. The number of benzene rings is 1. The quantitative estimate of drug-likeness (QED) is 0.265. The van der Waals surface area contributed by atoms with E-state index in [-0.39, 0.29) is 24.3 Å². The van der Waals surface area contributed by atoms with Crippen molar-refractivity contribution in [3.05, 3.63) is 58.3 Å². The Morgan fingerprint density at radius 1 is 1.28 bits per heavy atom. The van der Waals surface area contributed by atoms with E-state index in [9.17, 15) is 9.59 Å². The van der Waals surface area contributed by atoms with Crippen LogP contribution in [-0.2, 0) is 9.59 Å². The van der Waals surface area contributed by atoms with Gasteiger partial charge in [0.1, 0.15) is 5.75 Å². The van der Waals surface area contributed by atoms with Gasteiger partial charge in [0, 0.05) is 30.3 Å². The van der Waals surface area contributed by atoms with Crippen LogP contribution in [0.1, 0.15) is 51.0 Å². The number of rotatable bonds is 11. The summed E-state index contributed by atoms with van der Waals surface area (Å²) in [5.41, 5.74) is 9.31. The Balaban J connectivity index is 1.87. The molecule has 1 aromatic carbocycles. The number of allylic oxidation sites excluding steroid dienone is 4. The number of aliphatic hydroxyl groups excluding tert-OH is 1. The SMILES string of the molecule is CC(=O)\C(=C/C=C(N)/C(=C/[C@H]1CCC(=O)N1)c1ccc(OCCCCO)c(Cl)c1)C1CC1. The van der Waals surface area contributed by atoms with Crippen LogP contribution in [0.3, 0.4) is 0 Å². The third kappa shape index (κ3) is 6.71. The lowest BCUT2D eigenvalue weighted by molar-refractivity contribution is -0.119. The van der Waals surface area contributed by atoms with Gasteiger partial charge in [-0.1, -0.05) is 29.8 Å². The van der Waals surface area contributed by atoms with Crippen molar-refractivity contribution in [3.8, 4) is 5.75 Å². The van der Waals surface area contributed by atoms with Gasteiger partial charge in [0.05, 0.1) is 11.6 Å². The molecule has 1 saturated heterocycles. The van der Waals surface area contributed by atoms with Crippen molar-refractivity contribution >= 4 is 28.9 Å². The van der Waals surface area contributed by atoms with Crippen molar-refractivity contribution in [1.29, 1.82) is 0 Å². The Bertz CT molecular complexity index is 947. The maximum atomic E-state index is 12.0. The first kappa shape index (κ1) is 24.1. The summed E-state index contributed by atoms with van der Waals surface area (Å²) in [5, 5.41) is 12.3. The van der Waals surface area contributed by atoms with Gasteiger partial charge in [-0.25, -0.2) is 0 Å². The highest BCUT2D eigenvalue weighted by Crippen LogP contribution is 2.37. The van der Waals surface area contributed by atoms with Gasteiger partial charge in [-0.05, 0) is 74.3 Å². The molecule has 1 saturated carbocycles. The lowest BCUT2D eigenvalue weighted by Crippen LogP contribution is -2.23. The third-order valence-corrected chi connectivity index (χ3v) is 5.92. The van der Waals surface area contributed by atoms with Crippen LogP contribution in [-0.4, -0.2) is 36.1 Å². The Morgan fingerprint density at radius 2 is 2.06 bits per heavy atom. The molecule has 1 amide bonds. The number of ketones is 1. The second kappa shape index (κ2) is 11.3. The molecule has 172 valence electrons. The van der Waals surface area contributed by atoms with Crippen LogP contribution in [0.25, 0.3) is 5.57 Å². The molecular formula is C25H31ClN2O4. The topological polar surface area (TPSA) is 102 Å². The van der Waals surface area contributed by atoms with Crippen LogP contribution in [0.15, 0.2) is 47.7 Å². The molecule has 1 aliphatic heterocycles. The predicted octanol–water partition coefficient (Wildman–Crippen LogP) is 3.92. The molecule has 0 spiro atoms. The van der Waals surface area contributed by atoms with Gasteiger partial charge in [0.25, 0.3) is 0 Å². The minimum atomic E-state index is -0.114. The van der Waals surface area contributed by atoms with Gasteiger partial charge in [-0.2, -0.15) is 0 Å². The Labute approximate surface area is 194 Å². The summed E-state index contributed by atoms with van der Waals surface area (Å²) in [6.45, 7) is 2.18. The fourth-order valence-electron chi connectivity index (χ4n) is 3.71. The summed E-state index contributed by atoms with van der Waals surface area (Å²) in [5.74, 6) is 0.980. The molecule has 32 heavy (non-hydrogen) atoms. The number of hydrogen-bond acceptors (Lipinski definition) is 5. The van der Waals surface area contributed by atoms with Gasteiger partial charge < -0.3 is 20.9 Å². The minimum absolute atomic E-state index is 0.0188. The number of nitrogens with one attached hydrogen (secondary N) is 1. The highest BCUT2D eigenvalue weighted by molar-refractivity contribution is 6.32. The fraction of sp³-hybridized carbons (Fsp3) is 0.440. The molecule has 1 aliphatic carbocycles. The second-order valence-corrected chi connectivity index (χ2v) is 8.70. The molecule has 3 rings (SSSR count). The zero-order valence-corrected chi connectivity index (χ0v) is 19.2. The van der Waals surface area contributed by atoms with E-state index in [0.29, 0.717) is 48.3 Å². The summed E-state index contributed by atoms with van der Waals surface area (Å²) in [4.78, 5) is 23.6. The van der Waals surface area contributed by atoms with Crippen LogP contribution >= 0.6 is 11.6 Å². The van der Waals surface area contributed by atoms with E-state index in [1.807, 2.05) is 18.2 Å². The lowest BCUT2D eigenvalue weighted by atomic mass is 9.98. The van der Waals surface area contributed by atoms with Crippen molar-refractivity contribution < 1.29 is 19.4 Å². The van der Waals surface area contributed by atoms with Crippen LogP contribution in [0.2, 0.25) is 5.02 Å². The van der Waals surface area contributed by atoms with E-state index in [1.54, 1.807) is 25.1 Å². The van der Waals surface area contributed by atoms with Crippen molar-refractivity contribution in [2.24, 2.45) is 11.7 Å². The molecule has 7 heteroatoms. The highest BCUT2D eigenvalue weighted by Gasteiger charge is 2.28. The number of nitrogens with two attached hydrogens (primary N) is 1. The number of carbonyl (C=O) groups is 2. The molecule has 1 heterocycles. The van der Waals surface area contributed by atoms with Crippen molar-refractivity contribution in [1.82, 2.24) is 5.32 Å². The van der Waals surface area contributed by atoms with E-state index in [0.717, 1.165) is 36.0 Å². The number of unbranched alkanes of at least 4 members (excludes halogenated alkanes) is 1. The number of carbonyl (C=O) groups excluding carboxylic acids is 2. The van der Waals surface area contributed by atoms with E-state index < -0.39 is 0 Å². The zero-order chi connectivity index (χ0) is 23.1. The van der Waals surface area contributed by atoms with Crippen molar-refractivity contribution in [2.75, 3.05) is 13.2 Å². The van der Waals surface area contributed by atoms with Crippen molar-refractivity contribution in [3.63, 3.8) is 0 Å². The summed E-state index contributed by atoms with van der Waals surface area (Å²) in [6.07, 6.45) is 10.2. The van der Waals surface area contributed by atoms with Crippen molar-refractivity contribution in [2.45, 2.75) is 51.5 Å².